The second-order valence-corrected chi connectivity index (χ2v) is 9.73. The standard InChI is InChI=1S/C12H17ClO2Si/c1-8-6-10(9(2)14)12(11(13)7-8)15-16(3,4)5/h6-7H,1-5H3. The summed E-state index contributed by atoms with van der Waals surface area (Å²) >= 11 is 6.13. The smallest absolute Gasteiger partial charge is 0.242 e. The highest BCUT2D eigenvalue weighted by Gasteiger charge is 2.22. The third-order valence-electron chi connectivity index (χ3n) is 1.98. The monoisotopic (exact) mass is 256 g/mol. The molecule has 1 rings (SSSR count). The summed E-state index contributed by atoms with van der Waals surface area (Å²) < 4.78 is 5.87. The highest BCUT2D eigenvalue weighted by atomic mass is 35.5. The molecular weight excluding hydrogens is 240 g/mol. The number of ketones is 1. The van der Waals surface area contributed by atoms with Crippen molar-refractivity contribution in [2.45, 2.75) is 33.5 Å². The van der Waals surface area contributed by atoms with Gasteiger partial charge in [-0.2, -0.15) is 0 Å². The van der Waals surface area contributed by atoms with Crippen LogP contribution < -0.4 is 4.43 Å². The Kier molecular flexibility index (Phi) is 3.81. The van der Waals surface area contributed by atoms with Gasteiger partial charge >= 0.3 is 0 Å². The first-order chi connectivity index (χ1) is 7.20. The largest absolute Gasteiger partial charge is 0.543 e. The van der Waals surface area contributed by atoms with Crippen LogP contribution in [-0.2, 0) is 0 Å². The quantitative estimate of drug-likeness (QED) is 0.602. The van der Waals surface area contributed by atoms with Crippen molar-refractivity contribution in [3.05, 3.63) is 28.3 Å². The van der Waals surface area contributed by atoms with Gasteiger partial charge in [0.05, 0.1) is 10.6 Å². The molecule has 0 radical (unpaired) electrons. The van der Waals surface area contributed by atoms with Gasteiger partial charge in [-0.25, -0.2) is 0 Å². The zero-order valence-corrected chi connectivity index (χ0v) is 12.1. The molecule has 0 fully saturated rings. The number of carbonyl (C=O) groups is 1. The van der Waals surface area contributed by atoms with Crippen LogP contribution in [-0.4, -0.2) is 14.1 Å². The number of Topliss-reactive ketones (excluding diaryl/α,β-unsaturated/α-hetero) is 1. The van der Waals surface area contributed by atoms with E-state index in [9.17, 15) is 4.79 Å². The molecule has 0 bridgehead atoms. The molecule has 1 aromatic carbocycles. The number of hydrogen-bond donors (Lipinski definition) is 0. The zero-order chi connectivity index (χ0) is 12.5. The fourth-order valence-electron chi connectivity index (χ4n) is 1.40. The second kappa shape index (κ2) is 4.59. The fraction of sp³-hybridized carbons (Fsp3) is 0.417. The van der Waals surface area contributed by atoms with Crippen LogP contribution in [0.5, 0.6) is 5.75 Å². The van der Waals surface area contributed by atoms with Gasteiger partial charge in [-0.3, -0.25) is 4.79 Å². The van der Waals surface area contributed by atoms with Crippen molar-refractivity contribution < 1.29 is 9.22 Å². The molecule has 0 aliphatic rings. The van der Waals surface area contributed by atoms with Crippen LogP contribution in [0.1, 0.15) is 22.8 Å². The van der Waals surface area contributed by atoms with E-state index in [0.717, 1.165) is 5.56 Å². The van der Waals surface area contributed by atoms with E-state index in [2.05, 4.69) is 19.6 Å². The molecule has 0 unspecified atom stereocenters. The van der Waals surface area contributed by atoms with Crippen LogP contribution in [0.3, 0.4) is 0 Å². The summed E-state index contributed by atoms with van der Waals surface area (Å²) in [6.45, 7) is 9.63. The maximum atomic E-state index is 11.5. The SMILES string of the molecule is CC(=O)c1cc(C)cc(Cl)c1O[Si](C)(C)C. The topological polar surface area (TPSA) is 26.3 Å². The predicted molar refractivity (Wildman–Crippen MR) is 70.2 cm³/mol. The Balaban J connectivity index is 3.30. The molecular formula is C12H17ClO2Si. The molecule has 4 heteroatoms. The minimum atomic E-state index is -1.76. The molecule has 0 aliphatic carbocycles. The zero-order valence-electron chi connectivity index (χ0n) is 10.3. The Hall–Kier alpha value is -0.803. The van der Waals surface area contributed by atoms with Gasteiger partial charge in [0.2, 0.25) is 8.32 Å². The van der Waals surface area contributed by atoms with E-state index in [1.807, 2.05) is 19.1 Å². The molecule has 0 saturated carbocycles. The van der Waals surface area contributed by atoms with Crippen LogP contribution in [0, 0.1) is 6.92 Å². The average Bonchev–Trinajstić information content (AvgIpc) is 2.07. The summed E-state index contributed by atoms with van der Waals surface area (Å²) in [4.78, 5) is 11.5. The molecule has 0 atom stereocenters. The summed E-state index contributed by atoms with van der Waals surface area (Å²) in [6.07, 6.45) is 0. The van der Waals surface area contributed by atoms with Crippen molar-refractivity contribution in [3.8, 4) is 5.75 Å². The van der Waals surface area contributed by atoms with Gasteiger partial charge in [-0.1, -0.05) is 11.6 Å². The number of aryl methyl sites for hydroxylation is 1. The van der Waals surface area contributed by atoms with Crippen LogP contribution in [0.4, 0.5) is 0 Å². The second-order valence-electron chi connectivity index (χ2n) is 4.89. The lowest BCUT2D eigenvalue weighted by Crippen LogP contribution is -2.30. The van der Waals surface area contributed by atoms with E-state index < -0.39 is 8.32 Å². The predicted octanol–water partition coefficient (Wildman–Crippen LogP) is 4.06. The molecule has 0 heterocycles. The lowest BCUT2D eigenvalue weighted by Gasteiger charge is -2.22. The van der Waals surface area contributed by atoms with Crippen LogP contribution in [0.15, 0.2) is 12.1 Å². The van der Waals surface area contributed by atoms with Crippen LogP contribution in [0.2, 0.25) is 24.7 Å². The molecule has 16 heavy (non-hydrogen) atoms. The van der Waals surface area contributed by atoms with Gasteiger partial charge < -0.3 is 4.43 Å². The van der Waals surface area contributed by atoms with Crippen molar-refractivity contribution >= 4 is 25.7 Å². The van der Waals surface area contributed by atoms with E-state index >= 15 is 0 Å². The third-order valence-corrected chi connectivity index (χ3v) is 3.07. The first-order valence-electron chi connectivity index (χ1n) is 5.21. The van der Waals surface area contributed by atoms with Crippen LogP contribution in [0.25, 0.3) is 0 Å². The summed E-state index contributed by atoms with van der Waals surface area (Å²) in [5.41, 5.74) is 1.55. The highest BCUT2D eigenvalue weighted by Crippen LogP contribution is 2.32. The van der Waals surface area contributed by atoms with Gasteiger partial charge in [-0.05, 0) is 51.2 Å². The minimum Gasteiger partial charge on any atom is -0.543 e. The minimum absolute atomic E-state index is 0.0150. The van der Waals surface area contributed by atoms with E-state index in [0.29, 0.717) is 16.3 Å². The lowest BCUT2D eigenvalue weighted by molar-refractivity contribution is 0.101. The molecule has 0 aliphatic heterocycles. The molecule has 88 valence electrons. The normalized spacial score (nSPS) is 11.4. The van der Waals surface area contributed by atoms with Gasteiger partial charge in [0.25, 0.3) is 0 Å². The first kappa shape index (κ1) is 13.3. The molecule has 2 nitrogen and oxygen atoms in total. The number of hydrogen-bond acceptors (Lipinski definition) is 2. The van der Waals surface area contributed by atoms with Crippen molar-refractivity contribution in [3.63, 3.8) is 0 Å². The van der Waals surface area contributed by atoms with Gasteiger partial charge in [-0.15, -0.1) is 0 Å². The Morgan fingerprint density at radius 3 is 2.31 bits per heavy atom. The molecule has 0 amide bonds. The summed E-state index contributed by atoms with van der Waals surface area (Å²) in [6, 6.07) is 3.65. The van der Waals surface area contributed by atoms with Gasteiger partial charge in [0.1, 0.15) is 5.75 Å². The van der Waals surface area contributed by atoms with Gasteiger partial charge in [0, 0.05) is 0 Å². The number of halogens is 1. The Bertz CT molecular complexity index is 422. The first-order valence-corrected chi connectivity index (χ1v) is 8.99. The lowest BCUT2D eigenvalue weighted by atomic mass is 10.1. The molecule has 0 saturated heterocycles. The van der Waals surface area contributed by atoms with E-state index in [1.54, 1.807) is 0 Å². The van der Waals surface area contributed by atoms with Crippen molar-refractivity contribution in [1.82, 2.24) is 0 Å². The van der Waals surface area contributed by atoms with E-state index in [4.69, 9.17) is 16.0 Å². The highest BCUT2D eigenvalue weighted by molar-refractivity contribution is 6.70. The van der Waals surface area contributed by atoms with E-state index in [1.165, 1.54) is 6.92 Å². The van der Waals surface area contributed by atoms with Crippen molar-refractivity contribution in [1.29, 1.82) is 0 Å². The summed E-state index contributed by atoms with van der Waals surface area (Å²) in [5, 5.41) is 0.521. The number of rotatable bonds is 3. The Morgan fingerprint density at radius 1 is 1.31 bits per heavy atom. The summed E-state index contributed by atoms with van der Waals surface area (Å²) in [7, 11) is -1.76. The maximum Gasteiger partial charge on any atom is 0.242 e. The molecule has 1 aromatic rings. The third kappa shape index (κ3) is 3.35. The fourth-order valence-corrected chi connectivity index (χ4v) is 2.61. The van der Waals surface area contributed by atoms with Gasteiger partial charge in [0.15, 0.2) is 5.78 Å². The molecule has 0 spiro atoms. The van der Waals surface area contributed by atoms with Crippen molar-refractivity contribution in [2.75, 3.05) is 0 Å². The Labute approximate surface area is 103 Å². The number of benzene rings is 1. The summed E-state index contributed by atoms with van der Waals surface area (Å²) in [5.74, 6) is 0.526. The Morgan fingerprint density at radius 2 is 1.88 bits per heavy atom. The maximum absolute atomic E-state index is 11.5. The van der Waals surface area contributed by atoms with Crippen LogP contribution >= 0.6 is 11.6 Å². The molecule has 0 N–H and O–H groups in total. The average molecular weight is 257 g/mol. The van der Waals surface area contributed by atoms with Crippen molar-refractivity contribution in [2.24, 2.45) is 0 Å². The molecule has 0 aromatic heterocycles. The number of carbonyl (C=O) groups excluding carboxylic acids is 1. The van der Waals surface area contributed by atoms with E-state index in [-0.39, 0.29) is 5.78 Å².